The van der Waals surface area contributed by atoms with E-state index >= 15 is 0 Å². The van der Waals surface area contributed by atoms with Crippen molar-refractivity contribution in [2.75, 3.05) is 5.43 Å². The summed E-state index contributed by atoms with van der Waals surface area (Å²) in [6.45, 7) is 3.58. The van der Waals surface area contributed by atoms with Gasteiger partial charge in [0.15, 0.2) is 0 Å². The highest BCUT2D eigenvalue weighted by Crippen LogP contribution is 2.16. The minimum absolute atomic E-state index is 0.301. The van der Waals surface area contributed by atoms with Crippen LogP contribution in [0.3, 0.4) is 0 Å². The number of rotatable bonds is 4. The average molecular weight is 261 g/mol. The molecule has 1 atom stereocenters. The summed E-state index contributed by atoms with van der Waals surface area (Å²) in [6.07, 6.45) is 4.60. The van der Waals surface area contributed by atoms with Crippen molar-refractivity contribution in [1.82, 2.24) is 15.3 Å². The van der Waals surface area contributed by atoms with Gasteiger partial charge in [0.05, 0.1) is 17.4 Å². The number of hydrogen-bond donors (Lipinski definition) is 3. The summed E-state index contributed by atoms with van der Waals surface area (Å²) in [5.41, 5.74) is 3.32. The average Bonchev–Trinajstić information content (AvgIpc) is 2.85. The van der Waals surface area contributed by atoms with Crippen LogP contribution in [0.25, 0.3) is 0 Å². The highest BCUT2D eigenvalue weighted by atomic mass is 16.4. The quantitative estimate of drug-likeness (QED) is 0.563. The van der Waals surface area contributed by atoms with E-state index in [0.717, 1.165) is 0 Å². The molecule has 2 aromatic heterocycles. The van der Waals surface area contributed by atoms with Crippen LogP contribution in [0.2, 0.25) is 0 Å². The lowest BCUT2D eigenvalue weighted by Gasteiger charge is -2.12. The summed E-state index contributed by atoms with van der Waals surface area (Å²) >= 11 is 0. The number of carbonyl (C=O) groups is 1. The molecule has 4 N–H and O–H groups in total. The van der Waals surface area contributed by atoms with Crippen molar-refractivity contribution in [1.29, 1.82) is 0 Å². The number of oxazole rings is 1. The van der Waals surface area contributed by atoms with Crippen LogP contribution in [0.5, 0.6) is 0 Å². The standard InChI is InChI=1S/C12H15N5O2/c1-7-5-15-12(19-7)8(2)16-11(18)9-6-14-4-3-10(9)17-13/h3-6,8H,13H2,1-2H3,(H,14,17)(H,16,18). The van der Waals surface area contributed by atoms with Crippen LogP contribution in [0.4, 0.5) is 5.69 Å². The molecule has 0 aliphatic rings. The third-order valence-electron chi connectivity index (χ3n) is 2.58. The molecule has 100 valence electrons. The monoisotopic (exact) mass is 261 g/mol. The van der Waals surface area contributed by atoms with Crippen molar-refractivity contribution in [3.8, 4) is 0 Å². The van der Waals surface area contributed by atoms with Gasteiger partial charge in [0.1, 0.15) is 11.8 Å². The van der Waals surface area contributed by atoms with E-state index in [4.69, 9.17) is 10.3 Å². The Kier molecular flexibility index (Phi) is 3.76. The molecule has 0 radical (unpaired) electrons. The Hall–Kier alpha value is -2.41. The molecule has 19 heavy (non-hydrogen) atoms. The number of anilines is 1. The Labute approximate surface area is 110 Å². The van der Waals surface area contributed by atoms with Crippen molar-refractivity contribution in [2.45, 2.75) is 19.9 Å². The largest absolute Gasteiger partial charge is 0.444 e. The minimum Gasteiger partial charge on any atom is -0.444 e. The molecule has 0 fully saturated rings. The molecule has 0 bridgehead atoms. The molecular weight excluding hydrogens is 246 g/mol. The number of hydrazine groups is 1. The predicted molar refractivity (Wildman–Crippen MR) is 69.2 cm³/mol. The third-order valence-corrected chi connectivity index (χ3v) is 2.58. The van der Waals surface area contributed by atoms with E-state index in [0.29, 0.717) is 22.9 Å². The normalized spacial score (nSPS) is 11.9. The van der Waals surface area contributed by atoms with Crippen molar-refractivity contribution < 1.29 is 9.21 Å². The first kappa shape index (κ1) is 13.0. The number of aryl methyl sites for hydroxylation is 1. The second kappa shape index (κ2) is 5.49. The maximum Gasteiger partial charge on any atom is 0.255 e. The summed E-state index contributed by atoms with van der Waals surface area (Å²) in [5.74, 6) is 6.20. The SMILES string of the molecule is Cc1cnc(C(C)NC(=O)c2cnccc2NN)o1. The van der Waals surface area contributed by atoms with Crippen LogP contribution in [0.1, 0.15) is 35.0 Å². The van der Waals surface area contributed by atoms with Gasteiger partial charge in [-0.15, -0.1) is 0 Å². The molecule has 0 aromatic carbocycles. The highest BCUT2D eigenvalue weighted by Gasteiger charge is 2.17. The van der Waals surface area contributed by atoms with Crippen LogP contribution in [0.15, 0.2) is 29.1 Å². The van der Waals surface area contributed by atoms with Gasteiger partial charge in [-0.2, -0.15) is 0 Å². The summed E-state index contributed by atoms with van der Waals surface area (Å²) in [5, 5.41) is 2.77. The fraction of sp³-hybridized carbons (Fsp3) is 0.250. The van der Waals surface area contributed by atoms with Crippen molar-refractivity contribution in [2.24, 2.45) is 5.84 Å². The van der Waals surface area contributed by atoms with Gasteiger partial charge in [-0.1, -0.05) is 0 Å². The van der Waals surface area contributed by atoms with Gasteiger partial charge in [0.2, 0.25) is 5.89 Å². The number of nitrogens with one attached hydrogen (secondary N) is 2. The number of aromatic nitrogens is 2. The van der Waals surface area contributed by atoms with E-state index in [9.17, 15) is 4.79 Å². The molecule has 2 rings (SSSR count). The summed E-state index contributed by atoms with van der Waals surface area (Å²) < 4.78 is 5.36. The second-order valence-electron chi connectivity index (χ2n) is 4.07. The van der Waals surface area contributed by atoms with Gasteiger partial charge in [-0.25, -0.2) is 4.98 Å². The van der Waals surface area contributed by atoms with Gasteiger partial charge in [-0.05, 0) is 19.9 Å². The first-order valence-corrected chi connectivity index (χ1v) is 5.75. The number of nitrogens with two attached hydrogens (primary N) is 1. The fourth-order valence-corrected chi connectivity index (χ4v) is 1.61. The molecule has 1 unspecified atom stereocenters. The molecule has 0 saturated carbocycles. The molecular formula is C12H15N5O2. The Balaban J connectivity index is 2.12. The molecule has 0 aliphatic carbocycles. The van der Waals surface area contributed by atoms with Crippen molar-refractivity contribution in [3.05, 3.63) is 41.9 Å². The lowest BCUT2D eigenvalue weighted by Crippen LogP contribution is -2.28. The molecule has 2 heterocycles. The summed E-state index contributed by atoms with van der Waals surface area (Å²) in [4.78, 5) is 20.1. The number of amides is 1. The maximum absolute atomic E-state index is 12.1. The Bertz CT molecular complexity index is 581. The minimum atomic E-state index is -0.341. The Morgan fingerprint density at radius 3 is 2.89 bits per heavy atom. The zero-order valence-electron chi connectivity index (χ0n) is 10.7. The van der Waals surface area contributed by atoms with Crippen molar-refractivity contribution in [3.63, 3.8) is 0 Å². The molecule has 0 saturated heterocycles. The topological polar surface area (TPSA) is 106 Å². The summed E-state index contributed by atoms with van der Waals surface area (Å²) in [6, 6.07) is 1.28. The zero-order chi connectivity index (χ0) is 13.8. The molecule has 1 amide bonds. The third kappa shape index (κ3) is 2.89. The highest BCUT2D eigenvalue weighted by molar-refractivity contribution is 5.99. The predicted octanol–water partition coefficient (Wildman–Crippen LogP) is 1.15. The van der Waals surface area contributed by atoms with Gasteiger partial charge in [0.25, 0.3) is 5.91 Å². The van der Waals surface area contributed by atoms with Gasteiger partial charge in [-0.3, -0.25) is 15.6 Å². The number of carbonyl (C=O) groups excluding carboxylic acids is 1. The second-order valence-corrected chi connectivity index (χ2v) is 4.07. The van der Waals surface area contributed by atoms with E-state index in [2.05, 4.69) is 20.7 Å². The van der Waals surface area contributed by atoms with Gasteiger partial charge >= 0.3 is 0 Å². The lowest BCUT2D eigenvalue weighted by molar-refractivity contribution is 0.0934. The molecule has 0 aliphatic heterocycles. The number of pyridine rings is 1. The van der Waals surface area contributed by atoms with Gasteiger partial charge in [0, 0.05) is 12.4 Å². The van der Waals surface area contributed by atoms with Crippen LogP contribution in [-0.2, 0) is 0 Å². The Morgan fingerprint density at radius 1 is 1.47 bits per heavy atom. The number of nitrogen functional groups attached to an aromatic ring is 1. The van der Waals surface area contributed by atoms with E-state index in [-0.39, 0.29) is 11.9 Å². The summed E-state index contributed by atoms with van der Waals surface area (Å²) in [7, 11) is 0. The van der Waals surface area contributed by atoms with Gasteiger partial charge < -0.3 is 15.2 Å². The number of hydrogen-bond acceptors (Lipinski definition) is 6. The fourth-order valence-electron chi connectivity index (χ4n) is 1.61. The van der Waals surface area contributed by atoms with E-state index < -0.39 is 0 Å². The lowest BCUT2D eigenvalue weighted by atomic mass is 10.2. The molecule has 0 spiro atoms. The molecule has 7 nitrogen and oxygen atoms in total. The van der Waals surface area contributed by atoms with Crippen LogP contribution < -0.4 is 16.6 Å². The van der Waals surface area contributed by atoms with Crippen LogP contribution >= 0.6 is 0 Å². The van der Waals surface area contributed by atoms with E-state index in [1.807, 2.05) is 0 Å². The van der Waals surface area contributed by atoms with E-state index in [1.54, 1.807) is 32.3 Å². The van der Waals surface area contributed by atoms with Crippen molar-refractivity contribution >= 4 is 11.6 Å². The smallest absolute Gasteiger partial charge is 0.255 e. The zero-order valence-corrected chi connectivity index (χ0v) is 10.7. The molecule has 7 heteroatoms. The number of nitrogens with zero attached hydrogens (tertiary/aromatic N) is 2. The van der Waals surface area contributed by atoms with E-state index in [1.165, 1.54) is 6.20 Å². The first-order chi connectivity index (χ1) is 9.11. The maximum atomic E-state index is 12.1. The van der Waals surface area contributed by atoms with Crippen LogP contribution in [0, 0.1) is 6.92 Å². The first-order valence-electron chi connectivity index (χ1n) is 5.75. The van der Waals surface area contributed by atoms with Crippen LogP contribution in [-0.4, -0.2) is 15.9 Å². The Morgan fingerprint density at radius 2 is 2.26 bits per heavy atom. The molecule has 2 aromatic rings.